The van der Waals surface area contributed by atoms with Gasteiger partial charge in [-0.2, -0.15) is 0 Å². The van der Waals surface area contributed by atoms with Crippen molar-refractivity contribution in [3.05, 3.63) is 72.0 Å². The predicted molar refractivity (Wildman–Crippen MR) is 142 cm³/mol. The molecule has 1 aromatic carbocycles. The summed E-state index contributed by atoms with van der Waals surface area (Å²) in [5.41, 5.74) is 3.26. The Labute approximate surface area is 205 Å². The molecule has 0 aromatic heterocycles. The molecule has 1 heterocycles. The maximum atomic E-state index is 6.04. The quantitative estimate of drug-likeness (QED) is 0.421. The van der Waals surface area contributed by atoms with Crippen LogP contribution >= 0.6 is 0 Å². The first kappa shape index (κ1) is 25.8. The van der Waals surface area contributed by atoms with E-state index in [2.05, 4.69) is 73.2 Å². The van der Waals surface area contributed by atoms with Gasteiger partial charge in [-0.3, -0.25) is 4.90 Å². The molecular formula is C28H40N4O2. The largest absolute Gasteiger partial charge is 0.489 e. The Morgan fingerprint density at radius 2 is 2.00 bits per heavy atom. The second-order valence-corrected chi connectivity index (χ2v) is 9.34. The molecule has 1 fully saturated rings. The smallest absolute Gasteiger partial charge is 0.126 e. The second-order valence-electron chi connectivity index (χ2n) is 9.34. The van der Waals surface area contributed by atoms with Crippen molar-refractivity contribution in [1.82, 2.24) is 9.80 Å². The number of allylic oxidation sites excluding steroid dienone is 6. The summed E-state index contributed by atoms with van der Waals surface area (Å²) in [5.74, 6) is 1.78. The van der Waals surface area contributed by atoms with E-state index in [1.807, 2.05) is 44.4 Å². The van der Waals surface area contributed by atoms with E-state index >= 15 is 0 Å². The van der Waals surface area contributed by atoms with Crippen LogP contribution < -0.4 is 10.1 Å². The van der Waals surface area contributed by atoms with Gasteiger partial charge in [0.05, 0.1) is 12.2 Å². The van der Waals surface area contributed by atoms with E-state index < -0.39 is 0 Å². The summed E-state index contributed by atoms with van der Waals surface area (Å²) in [5, 5.41) is 3.49. The Morgan fingerprint density at radius 3 is 2.74 bits per heavy atom. The van der Waals surface area contributed by atoms with Crippen molar-refractivity contribution in [2.24, 2.45) is 4.99 Å². The fourth-order valence-electron chi connectivity index (χ4n) is 4.10. The molecular weight excluding hydrogens is 424 g/mol. The molecule has 1 aliphatic carbocycles. The van der Waals surface area contributed by atoms with Crippen LogP contribution in [0.4, 0.5) is 5.69 Å². The Balaban J connectivity index is 1.64. The number of nitrogens with zero attached hydrogens (tertiary/aromatic N) is 3. The van der Waals surface area contributed by atoms with Crippen LogP contribution in [-0.2, 0) is 4.74 Å². The molecule has 6 heteroatoms. The Morgan fingerprint density at radius 1 is 1.24 bits per heavy atom. The SMILES string of the molecule is C/C(=C\C(=N/C(C)N1CC(C)OC(C)C1)N(C)C)Nc1cccc(OCC2=CC=CC=CC2)c1. The van der Waals surface area contributed by atoms with E-state index in [4.69, 9.17) is 14.5 Å². The highest BCUT2D eigenvalue weighted by atomic mass is 16.5. The molecule has 184 valence electrons. The fraction of sp³-hybridized carbons (Fsp3) is 0.464. The number of morpholine rings is 1. The van der Waals surface area contributed by atoms with Gasteiger partial charge in [0.25, 0.3) is 0 Å². The van der Waals surface area contributed by atoms with Gasteiger partial charge in [0.2, 0.25) is 0 Å². The molecule has 2 aliphatic rings. The molecule has 3 rings (SSSR count). The zero-order valence-corrected chi connectivity index (χ0v) is 21.5. The predicted octanol–water partition coefficient (Wildman–Crippen LogP) is 5.24. The lowest BCUT2D eigenvalue weighted by Gasteiger charge is -2.37. The van der Waals surface area contributed by atoms with Crippen molar-refractivity contribution in [2.45, 2.75) is 52.5 Å². The first-order chi connectivity index (χ1) is 16.3. The number of anilines is 1. The van der Waals surface area contributed by atoms with E-state index in [1.54, 1.807) is 0 Å². The Hall–Kier alpha value is -2.83. The summed E-state index contributed by atoms with van der Waals surface area (Å²) >= 11 is 0. The third kappa shape index (κ3) is 8.19. The minimum absolute atomic E-state index is 0.0787. The molecule has 6 nitrogen and oxygen atoms in total. The minimum atomic E-state index is 0.0787. The van der Waals surface area contributed by atoms with E-state index in [-0.39, 0.29) is 18.4 Å². The Bertz CT molecular complexity index is 951. The normalized spacial score (nSPS) is 22.7. The number of amidine groups is 1. The zero-order valence-electron chi connectivity index (χ0n) is 21.5. The number of likely N-dealkylation sites (N-methyl/N-ethyl adjacent to an activating group) is 1. The number of aliphatic imine (C=N–C) groups is 1. The van der Waals surface area contributed by atoms with Crippen LogP contribution in [0.15, 0.2) is 77.0 Å². The maximum Gasteiger partial charge on any atom is 0.126 e. The highest BCUT2D eigenvalue weighted by Crippen LogP contribution is 2.20. The fourth-order valence-corrected chi connectivity index (χ4v) is 4.10. The molecule has 0 amide bonds. The van der Waals surface area contributed by atoms with Gasteiger partial charge in [0.1, 0.15) is 24.4 Å². The van der Waals surface area contributed by atoms with Crippen LogP contribution in [0.25, 0.3) is 0 Å². The topological polar surface area (TPSA) is 49.3 Å². The zero-order chi connectivity index (χ0) is 24.5. The van der Waals surface area contributed by atoms with Crippen molar-refractivity contribution in [3.8, 4) is 5.75 Å². The third-order valence-corrected chi connectivity index (χ3v) is 5.77. The van der Waals surface area contributed by atoms with Crippen LogP contribution in [0, 0.1) is 0 Å². The molecule has 1 N–H and O–H groups in total. The average Bonchev–Trinajstić information content (AvgIpc) is 3.05. The van der Waals surface area contributed by atoms with Gasteiger partial charge < -0.3 is 19.7 Å². The van der Waals surface area contributed by atoms with Crippen molar-refractivity contribution < 1.29 is 9.47 Å². The van der Waals surface area contributed by atoms with Crippen molar-refractivity contribution in [1.29, 1.82) is 0 Å². The lowest BCUT2D eigenvalue weighted by molar-refractivity contribution is -0.0775. The van der Waals surface area contributed by atoms with Crippen LogP contribution in [0.2, 0.25) is 0 Å². The lowest BCUT2D eigenvalue weighted by Crippen LogP contribution is -2.49. The van der Waals surface area contributed by atoms with E-state index in [1.165, 1.54) is 5.57 Å². The van der Waals surface area contributed by atoms with Gasteiger partial charge in [-0.05, 0) is 57.9 Å². The second kappa shape index (κ2) is 12.6. The molecule has 1 aliphatic heterocycles. The van der Waals surface area contributed by atoms with Crippen molar-refractivity contribution in [2.75, 3.05) is 39.1 Å². The van der Waals surface area contributed by atoms with Crippen molar-refractivity contribution in [3.63, 3.8) is 0 Å². The summed E-state index contributed by atoms with van der Waals surface area (Å²) in [6.07, 6.45) is 14.0. The van der Waals surface area contributed by atoms with E-state index in [0.29, 0.717) is 6.61 Å². The maximum absolute atomic E-state index is 6.04. The number of nitrogens with one attached hydrogen (secondary N) is 1. The molecule has 0 bridgehead atoms. The van der Waals surface area contributed by atoms with Gasteiger partial charge >= 0.3 is 0 Å². The molecule has 0 radical (unpaired) electrons. The van der Waals surface area contributed by atoms with Crippen LogP contribution in [0.5, 0.6) is 5.75 Å². The monoisotopic (exact) mass is 464 g/mol. The third-order valence-electron chi connectivity index (χ3n) is 5.77. The summed E-state index contributed by atoms with van der Waals surface area (Å²) in [7, 11) is 4.06. The highest BCUT2D eigenvalue weighted by Gasteiger charge is 2.25. The standard InChI is InChI=1S/C28H40N4O2/c1-21(16-28(31(5)6)30-24(4)32-18-22(2)34-23(3)19-32)29-26-14-11-15-27(17-26)33-20-25-12-9-7-8-10-13-25/h7-12,14-17,22-24,29H,13,18-20H2,1-6H3/b21-16+,30-28+. The first-order valence-electron chi connectivity index (χ1n) is 12.1. The number of hydrogen-bond donors (Lipinski definition) is 1. The average molecular weight is 465 g/mol. The van der Waals surface area contributed by atoms with Crippen LogP contribution in [-0.4, -0.2) is 67.8 Å². The molecule has 0 saturated carbocycles. The summed E-state index contributed by atoms with van der Waals surface area (Å²) in [6, 6.07) is 8.08. The molecule has 0 spiro atoms. The summed E-state index contributed by atoms with van der Waals surface area (Å²) in [4.78, 5) is 9.45. The van der Waals surface area contributed by atoms with E-state index in [9.17, 15) is 0 Å². The van der Waals surface area contributed by atoms with E-state index in [0.717, 1.165) is 42.5 Å². The minimum Gasteiger partial charge on any atom is -0.489 e. The molecule has 3 unspecified atom stereocenters. The Kier molecular flexibility index (Phi) is 9.54. The molecule has 1 aromatic rings. The molecule has 3 atom stereocenters. The van der Waals surface area contributed by atoms with Gasteiger partial charge in [0.15, 0.2) is 0 Å². The van der Waals surface area contributed by atoms with Crippen molar-refractivity contribution >= 4 is 11.5 Å². The number of ether oxygens (including phenoxy) is 2. The van der Waals surface area contributed by atoms with Gasteiger partial charge in [-0.15, -0.1) is 0 Å². The van der Waals surface area contributed by atoms with Gasteiger partial charge in [-0.1, -0.05) is 36.4 Å². The van der Waals surface area contributed by atoms with Gasteiger partial charge in [-0.25, -0.2) is 4.99 Å². The van der Waals surface area contributed by atoms with Gasteiger partial charge in [0, 0.05) is 44.6 Å². The summed E-state index contributed by atoms with van der Waals surface area (Å²) in [6.45, 7) is 10.8. The van der Waals surface area contributed by atoms with Crippen LogP contribution in [0.1, 0.15) is 34.1 Å². The number of hydrogen-bond acceptors (Lipinski definition) is 5. The number of rotatable bonds is 8. The lowest BCUT2D eigenvalue weighted by atomic mass is 10.2. The number of benzene rings is 1. The molecule has 34 heavy (non-hydrogen) atoms. The first-order valence-corrected chi connectivity index (χ1v) is 12.1. The summed E-state index contributed by atoms with van der Waals surface area (Å²) < 4.78 is 11.9. The molecule has 1 saturated heterocycles. The highest BCUT2D eigenvalue weighted by molar-refractivity contribution is 5.93. The van der Waals surface area contributed by atoms with Crippen LogP contribution in [0.3, 0.4) is 0 Å².